The molecule has 0 N–H and O–H groups in total. The summed E-state index contributed by atoms with van der Waals surface area (Å²) in [4.78, 5) is 6.12. The molecule has 1 aromatic rings. The van der Waals surface area contributed by atoms with Gasteiger partial charge in [-0.3, -0.25) is 4.98 Å². The zero-order valence-electron chi connectivity index (χ0n) is 7.42. The molecule has 0 saturated heterocycles. The van der Waals surface area contributed by atoms with E-state index < -0.39 is 0 Å². The van der Waals surface area contributed by atoms with Gasteiger partial charge in [-0.25, -0.2) is 0 Å². The van der Waals surface area contributed by atoms with Crippen LogP contribution in [-0.2, 0) is 6.54 Å². The second-order valence-electron chi connectivity index (χ2n) is 2.80. The molecule has 0 saturated carbocycles. The first-order valence-electron chi connectivity index (χ1n) is 4.01. The third-order valence-corrected chi connectivity index (χ3v) is 2.18. The Morgan fingerprint density at radius 3 is 2.92 bits per heavy atom. The summed E-state index contributed by atoms with van der Waals surface area (Å²) in [6.07, 6.45) is 3.45. The molecule has 0 aliphatic rings. The lowest BCUT2D eigenvalue weighted by molar-refractivity contribution is 0.346. The minimum Gasteiger partial charge on any atom is -0.302 e. The Kier molecular flexibility index (Phi) is 3.50. The summed E-state index contributed by atoms with van der Waals surface area (Å²) >= 11 is 5.94. The Labute approximate surface area is 78.2 Å². The van der Waals surface area contributed by atoms with Gasteiger partial charge in [-0.15, -0.1) is 0 Å². The second-order valence-corrected chi connectivity index (χ2v) is 3.20. The van der Waals surface area contributed by atoms with Crippen LogP contribution < -0.4 is 0 Å². The Bertz CT molecular complexity index is 250. The highest BCUT2D eigenvalue weighted by Crippen LogP contribution is 2.14. The third kappa shape index (κ3) is 2.47. The van der Waals surface area contributed by atoms with Crippen molar-refractivity contribution in [3.8, 4) is 0 Å². The van der Waals surface area contributed by atoms with Crippen molar-refractivity contribution in [2.75, 3.05) is 13.6 Å². The van der Waals surface area contributed by atoms with Crippen molar-refractivity contribution in [3.05, 3.63) is 29.0 Å². The Morgan fingerprint density at radius 1 is 1.58 bits per heavy atom. The molecule has 1 rings (SSSR count). The standard InChI is InChI=1S/C9H13ClN2/c1-3-12(2)7-8-4-5-11-6-9(8)10/h4-6H,3,7H2,1-2H3. The summed E-state index contributed by atoms with van der Waals surface area (Å²) in [6, 6.07) is 1.95. The van der Waals surface area contributed by atoms with Gasteiger partial charge < -0.3 is 4.90 Å². The highest BCUT2D eigenvalue weighted by molar-refractivity contribution is 6.31. The smallest absolute Gasteiger partial charge is 0.0634 e. The van der Waals surface area contributed by atoms with Gasteiger partial charge in [0, 0.05) is 18.9 Å². The molecule has 0 amide bonds. The molecule has 3 heteroatoms. The monoisotopic (exact) mass is 184 g/mol. The maximum Gasteiger partial charge on any atom is 0.0634 e. The molecule has 1 heterocycles. The van der Waals surface area contributed by atoms with Crippen molar-refractivity contribution < 1.29 is 0 Å². The summed E-state index contributed by atoms with van der Waals surface area (Å²) in [5, 5.41) is 0.748. The maximum absolute atomic E-state index is 5.94. The quantitative estimate of drug-likeness (QED) is 0.716. The third-order valence-electron chi connectivity index (χ3n) is 1.84. The fourth-order valence-corrected chi connectivity index (χ4v) is 1.11. The van der Waals surface area contributed by atoms with Crippen molar-refractivity contribution in [3.63, 3.8) is 0 Å². The number of pyridine rings is 1. The fourth-order valence-electron chi connectivity index (χ4n) is 0.935. The minimum absolute atomic E-state index is 0.748. The average molecular weight is 185 g/mol. The van der Waals surface area contributed by atoms with E-state index in [1.807, 2.05) is 6.07 Å². The van der Waals surface area contributed by atoms with Gasteiger partial charge in [0.25, 0.3) is 0 Å². The number of hydrogen-bond donors (Lipinski definition) is 0. The number of nitrogens with zero attached hydrogens (tertiary/aromatic N) is 2. The van der Waals surface area contributed by atoms with E-state index in [-0.39, 0.29) is 0 Å². The van der Waals surface area contributed by atoms with E-state index in [2.05, 4.69) is 23.9 Å². The molecule has 0 atom stereocenters. The molecule has 2 nitrogen and oxygen atoms in total. The topological polar surface area (TPSA) is 16.1 Å². The normalized spacial score (nSPS) is 10.7. The van der Waals surface area contributed by atoms with Crippen molar-refractivity contribution in [1.82, 2.24) is 9.88 Å². The van der Waals surface area contributed by atoms with Gasteiger partial charge in [0.2, 0.25) is 0 Å². The molecule has 0 aliphatic heterocycles. The lowest BCUT2D eigenvalue weighted by Crippen LogP contribution is -2.16. The molecule has 0 radical (unpaired) electrons. The summed E-state index contributed by atoms with van der Waals surface area (Å²) in [6.45, 7) is 4.03. The van der Waals surface area contributed by atoms with Gasteiger partial charge in [-0.1, -0.05) is 18.5 Å². The van der Waals surface area contributed by atoms with Gasteiger partial charge in [0.15, 0.2) is 0 Å². The number of rotatable bonds is 3. The SMILES string of the molecule is CCN(C)Cc1ccncc1Cl. The molecular formula is C9H13ClN2. The molecule has 0 aliphatic carbocycles. The number of aromatic nitrogens is 1. The van der Waals surface area contributed by atoms with E-state index in [1.54, 1.807) is 12.4 Å². The van der Waals surface area contributed by atoms with Crippen LogP contribution in [-0.4, -0.2) is 23.5 Å². The van der Waals surface area contributed by atoms with E-state index in [1.165, 1.54) is 0 Å². The molecule has 0 unspecified atom stereocenters. The lowest BCUT2D eigenvalue weighted by atomic mass is 10.2. The van der Waals surface area contributed by atoms with Gasteiger partial charge in [-0.2, -0.15) is 0 Å². The summed E-state index contributed by atoms with van der Waals surface area (Å²) in [5.74, 6) is 0. The van der Waals surface area contributed by atoms with Gasteiger partial charge >= 0.3 is 0 Å². The molecule has 0 spiro atoms. The van der Waals surface area contributed by atoms with E-state index in [9.17, 15) is 0 Å². The van der Waals surface area contributed by atoms with Crippen LogP contribution in [0.5, 0.6) is 0 Å². The van der Waals surface area contributed by atoms with Crippen LogP contribution in [0.3, 0.4) is 0 Å². The van der Waals surface area contributed by atoms with Crippen LogP contribution in [0.4, 0.5) is 0 Å². The molecule has 0 bridgehead atoms. The summed E-state index contributed by atoms with van der Waals surface area (Å²) < 4.78 is 0. The zero-order valence-corrected chi connectivity index (χ0v) is 8.17. The molecule has 1 aromatic heterocycles. The minimum atomic E-state index is 0.748. The fraction of sp³-hybridized carbons (Fsp3) is 0.444. The number of hydrogen-bond acceptors (Lipinski definition) is 2. The van der Waals surface area contributed by atoms with Crippen LogP contribution in [0.2, 0.25) is 5.02 Å². The van der Waals surface area contributed by atoms with Crippen LogP contribution in [0, 0.1) is 0 Å². The van der Waals surface area contributed by atoms with Gasteiger partial charge in [0.05, 0.1) is 5.02 Å². The molecular weight excluding hydrogens is 172 g/mol. The van der Waals surface area contributed by atoms with Crippen LogP contribution in [0.25, 0.3) is 0 Å². The van der Waals surface area contributed by atoms with E-state index in [4.69, 9.17) is 11.6 Å². The zero-order chi connectivity index (χ0) is 8.97. The highest BCUT2D eigenvalue weighted by Gasteiger charge is 2.01. The maximum atomic E-state index is 5.94. The first-order valence-corrected chi connectivity index (χ1v) is 4.38. The van der Waals surface area contributed by atoms with Gasteiger partial charge in [0.1, 0.15) is 0 Å². The molecule has 12 heavy (non-hydrogen) atoms. The first-order chi connectivity index (χ1) is 5.74. The molecule has 66 valence electrons. The van der Waals surface area contributed by atoms with Crippen LogP contribution in [0.1, 0.15) is 12.5 Å². The van der Waals surface area contributed by atoms with Crippen LogP contribution in [0.15, 0.2) is 18.5 Å². The number of halogens is 1. The Morgan fingerprint density at radius 2 is 2.33 bits per heavy atom. The first kappa shape index (κ1) is 9.49. The highest BCUT2D eigenvalue weighted by atomic mass is 35.5. The lowest BCUT2D eigenvalue weighted by Gasteiger charge is -2.14. The van der Waals surface area contributed by atoms with Crippen LogP contribution >= 0.6 is 11.6 Å². The van der Waals surface area contributed by atoms with Crippen molar-refractivity contribution in [2.45, 2.75) is 13.5 Å². The van der Waals surface area contributed by atoms with Gasteiger partial charge in [-0.05, 0) is 25.2 Å². The summed E-state index contributed by atoms with van der Waals surface area (Å²) in [5.41, 5.74) is 1.14. The molecule has 0 aromatic carbocycles. The van der Waals surface area contributed by atoms with Crippen molar-refractivity contribution >= 4 is 11.6 Å². The Balaban J connectivity index is 2.69. The van der Waals surface area contributed by atoms with Crippen molar-refractivity contribution in [1.29, 1.82) is 0 Å². The second kappa shape index (κ2) is 4.43. The Hall–Kier alpha value is -0.600. The van der Waals surface area contributed by atoms with Crippen molar-refractivity contribution in [2.24, 2.45) is 0 Å². The van der Waals surface area contributed by atoms with E-state index in [0.717, 1.165) is 23.7 Å². The molecule has 0 fully saturated rings. The average Bonchev–Trinajstić information content (AvgIpc) is 2.09. The predicted octanol–water partition coefficient (Wildman–Crippen LogP) is 2.19. The van der Waals surface area contributed by atoms with E-state index in [0.29, 0.717) is 0 Å². The summed E-state index contributed by atoms with van der Waals surface area (Å²) in [7, 11) is 2.07. The predicted molar refractivity (Wildman–Crippen MR) is 51.3 cm³/mol. The largest absolute Gasteiger partial charge is 0.302 e. The van der Waals surface area contributed by atoms with E-state index >= 15 is 0 Å².